The zero-order valence-electron chi connectivity index (χ0n) is 7.33. The summed E-state index contributed by atoms with van der Waals surface area (Å²) in [6, 6.07) is 4.13. The molecule has 0 aliphatic heterocycles. The van der Waals surface area contributed by atoms with Crippen molar-refractivity contribution in [3.8, 4) is 0 Å². The molecule has 3 nitrogen and oxygen atoms in total. The second-order valence-electron chi connectivity index (χ2n) is 2.60. The number of hydrogen-bond acceptors (Lipinski definition) is 2. The van der Waals surface area contributed by atoms with E-state index in [1.54, 1.807) is 0 Å². The maximum atomic E-state index is 13.3. The van der Waals surface area contributed by atoms with E-state index in [1.807, 2.05) is 0 Å². The van der Waals surface area contributed by atoms with Crippen LogP contribution in [0.4, 0.5) is 4.39 Å². The van der Waals surface area contributed by atoms with Crippen LogP contribution in [0.15, 0.2) is 18.2 Å². The minimum atomic E-state index is -1.33. The predicted molar refractivity (Wildman–Crippen MR) is 48.8 cm³/mol. The molecule has 0 fully saturated rings. The van der Waals surface area contributed by atoms with Crippen molar-refractivity contribution in [2.24, 2.45) is 0 Å². The number of benzene rings is 1. The maximum Gasteiger partial charge on any atom is 0.337 e. The average Bonchev–Trinajstić information content (AvgIpc) is 2.13. The minimum Gasteiger partial charge on any atom is -0.479 e. The van der Waals surface area contributed by atoms with Gasteiger partial charge in [-0.2, -0.15) is 0 Å². The maximum absolute atomic E-state index is 13.3. The Hall–Kier alpha value is -1.13. The summed E-state index contributed by atoms with van der Waals surface area (Å²) in [6.45, 7) is 0. The van der Waals surface area contributed by atoms with Gasteiger partial charge in [0.05, 0.1) is 5.02 Å². The predicted octanol–water partition coefficient (Wildman–Crippen LogP) is 2.25. The van der Waals surface area contributed by atoms with Crippen molar-refractivity contribution in [2.75, 3.05) is 7.11 Å². The van der Waals surface area contributed by atoms with E-state index in [0.29, 0.717) is 0 Å². The third-order valence-corrected chi connectivity index (χ3v) is 2.02. The zero-order chi connectivity index (χ0) is 10.7. The van der Waals surface area contributed by atoms with Gasteiger partial charge in [-0.25, -0.2) is 9.18 Å². The van der Waals surface area contributed by atoms with Crippen LogP contribution in [0.25, 0.3) is 0 Å². The summed E-state index contributed by atoms with van der Waals surface area (Å²) in [6.07, 6.45) is -1.33. The highest BCUT2D eigenvalue weighted by Gasteiger charge is 2.23. The second kappa shape index (κ2) is 4.39. The lowest BCUT2D eigenvalue weighted by Crippen LogP contribution is -2.15. The van der Waals surface area contributed by atoms with Crippen LogP contribution in [-0.2, 0) is 9.53 Å². The van der Waals surface area contributed by atoms with Crippen molar-refractivity contribution in [3.05, 3.63) is 34.6 Å². The van der Waals surface area contributed by atoms with Crippen LogP contribution in [0.2, 0.25) is 5.02 Å². The fraction of sp³-hybridized carbons (Fsp3) is 0.222. The minimum absolute atomic E-state index is 0.0764. The van der Waals surface area contributed by atoms with E-state index in [4.69, 9.17) is 16.7 Å². The number of aliphatic carboxylic acids is 1. The van der Waals surface area contributed by atoms with Gasteiger partial charge in [0.15, 0.2) is 6.10 Å². The first kappa shape index (κ1) is 10.9. The molecule has 0 saturated heterocycles. The van der Waals surface area contributed by atoms with Gasteiger partial charge in [-0.15, -0.1) is 0 Å². The third kappa shape index (κ3) is 2.02. The number of methoxy groups -OCH3 is 1. The van der Waals surface area contributed by atoms with Crippen LogP contribution in [0.5, 0.6) is 0 Å². The molecule has 1 atom stereocenters. The molecule has 14 heavy (non-hydrogen) atoms. The van der Waals surface area contributed by atoms with Crippen molar-refractivity contribution in [2.45, 2.75) is 6.10 Å². The Morgan fingerprint density at radius 1 is 1.64 bits per heavy atom. The number of carboxylic acid groups (broad SMARTS) is 1. The van der Waals surface area contributed by atoms with Gasteiger partial charge in [-0.3, -0.25) is 0 Å². The Morgan fingerprint density at radius 3 is 2.79 bits per heavy atom. The summed E-state index contributed by atoms with van der Waals surface area (Å²) >= 11 is 5.50. The molecule has 0 bridgehead atoms. The van der Waals surface area contributed by atoms with E-state index in [9.17, 15) is 9.18 Å². The van der Waals surface area contributed by atoms with E-state index in [0.717, 1.165) is 0 Å². The van der Waals surface area contributed by atoms with Gasteiger partial charge in [-0.05, 0) is 6.07 Å². The van der Waals surface area contributed by atoms with Gasteiger partial charge in [0.2, 0.25) is 0 Å². The molecular formula is C9H8ClFO3. The summed E-state index contributed by atoms with van der Waals surface area (Å²) in [5, 5.41) is 8.59. The van der Waals surface area contributed by atoms with Crippen molar-refractivity contribution in [1.82, 2.24) is 0 Å². The second-order valence-corrected chi connectivity index (χ2v) is 3.00. The van der Waals surface area contributed by atoms with Gasteiger partial charge >= 0.3 is 5.97 Å². The quantitative estimate of drug-likeness (QED) is 0.847. The normalized spacial score (nSPS) is 12.5. The van der Waals surface area contributed by atoms with Crippen molar-refractivity contribution < 1.29 is 19.0 Å². The van der Waals surface area contributed by atoms with Crippen LogP contribution < -0.4 is 0 Å². The summed E-state index contributed by atoms with van der Waals surface area (Å²) in [5.41, 5.74) is -0.0764. The molecule has 76 valence electrons. The molecular weight excluding hydrogens is 211 g/mol. The first-order valence-electron chi connectivity index (χ1n) is 3.77. The summed E-state index contributed by atoms with van der Waals surface area (Å²) < 4.78 is 18.0. The van der Waals surface area contributed by atoms with Crippen LogP contribution in [0, 0.1) is 5.82 Å². The Morgan fingerprint density at radius 2 is 2.29 bits per heavy atom. The topological polar surface area (TPSA) is 46.5 Å². The van der Waals surface area contributed by atoms with E-state index in [-0.39, 0.29) is 10.6 Å². The van der Waals surface area contributed by atoms with Crippen LogP contribution >= 0.6 is 11.6 Å². The number of halogens is 2. The molecule has 1 unspecified atom stereocenters. The fourth-order valence-corrected chi connectivity index (χ4v) is 1.27. The van der Waals surface area contributed by atoms with Gasteiger partial charge in [-0.1, -0.05) is 23.7 Å². The van der Waals surface area contributed by atoms with E-state index in [2.05, 4.69) is 4.74 Å². The molecule has 0 saturated carbocycles. The van der Waals surface area contributed by atoms with E-state index < -0.39 is 17.9 Å². The molecule has 0 heterocycles. The summed E-state index contributed by atoms with van der Waals surface area (Å²) in [4.78, 5) is 10.7. The SMILES string of the molecule is COC(C(=O)O)c1cccc(Cl)c1F. The molecule has 1 N–H and O–H groups in total. The first-order chi connectivity index (χ1) is 6.57. The molecule has 0 aromatic heterocycles. The van der Waals surface area contributed by atoms with Crippen LogP contribution in [0.1, 0.15) is 11.7 Å². The van der Waals surface area contributed by atoms with Crippen molar-refractivity contribution in [1.29, 1.82) is 0 Å². The Bertz CT molecular complexity index is 354. The molecule has 0 radical (unpaired) electrons. The van der Waals surface area contributed by atoms with Crippen LogP contribution in [-0.4, -0.2) is 18.2 Å². The van der Waals surface area contributed by atoms with E-state index in [1.165, 1.54) is 25.3 Å². The van der Waals surface area contributed by atoms with Gasteiger partial charge in [0.1, 0.15) is 5.82 Å². The standard InChI is InChI=1S/C9H8ClFO3/c1-14-8(9(12)13)5-3-2-4-6(10)7(5)11/h2-4,8H,1H3,(H,12,13). The van der Waals surface area contributed by atoms with Gasteiger partial charge in [0.25, 0.3) is 0 Å². The molecule has 0 amide bonds. The first-order valence-corrected chi connectivity index (χ1v) is 4.15. The van der Waals surface area contributed by atoms with Gasteiger partial charge < -0.3 is 9.84 Å². The number of carboxylic acids is 1. The molecule has 0 aliphatic rings. The largest absolute Gasteiger partial charge is 0.479 e. The molecule has 0 spiro atoms. The molecule has 1 rings (SSSR count). The molecule has 5 heteroatoms. The number of carbonyl (C=O) groups is 1. The lowest BCUT2D eigenvalue weighted by atomic mass is 10.1. The highest BCUT2D eigenvalue weighted by atomic mass is 35.5. The lowest BCUT2D eigenvalue weighted by Gasteiger charge is -2.11. The van der Waals surface area contributed by atoms with Crippen molar-refractivity contribution in [3.63, 3.8) is 0 Å². The van der Waals surface area contributed by atoms with Gasteiger partial charge in [0, 0.05) is 12.7 Å². The molecule has 1 aromatic carbocycles. The Balaban J connectivity index is 3.16. The molecule has 1 aromatic rings. The highest BCUT2D eigenvalue weighted by molar-refractivity contribution is 6.30. The average molecular weight is 219 g/mol. The zero-order valence-corrected chi connectivity index (χ0v) is 8.08. The highest BCUT2D eigenvalue weighted by Crippen LogP contribution is 2.25. The number of rotatable bonds is 3. The smallest absolute Gasteiger partial charge is 0.337 e. The summed E-state index contributed by atoms with van der Waals surface area (Å²) in [5.74, 6) is -2.02. The third-order valence-electron chi connectivity index (χ3n) is 1.72. The Labute approximate surface area is 85.1 Å². The molecule has 0 aliphatic carbocycles. The summed E-state index contributed by atoms with van der Waals surface area (Å²) in [7, 11) is 1.19. The fourth-order valence-electron chi connectivity index (χ4n) is 1.08. The van der Waals surface area contributed by atoms with Crippen molar-refractivity contribution >= 4 is 17.6 Å². The Kier molecular flexibility index (Phi) is 3.43. The van der Waals surface area contributed by atoms with E-state index >= 15 is 0 Å². The number of hydrogen-bond donors (Lipinski definition) is 1. The number of ether oxygens (including phenoxy) is 1. The monoisotopic (exact) mass is 218 g/mol. The lowest BCUT2D eigenvalue weighted by molar-refractivity contribution is -0.149. The van der Waals surface area contributed by atoms with Crippen LogP contribution in [0.3, 0.4) is 0 Å².